The van der Waals surface area contributed by atoms with Gasteiger partial charge in [0.15, 0.2) is 0 Å². The third kappa shape index (κ3) is 2.36. The van der Waals surface area contributed by atoms with Crippen molar-refractivity contribution in [1.29, 1.82) is 5.26 Å². The zero-order chi connectivity index (χ0) is 13.1. The molecule has 4 heteroatoms. The summed E-state index contributed by atoms with van der Waals surface area (Å²) >= 11 is 1.68. The summed E-state index contributed by atoms with van der Waals surface area (Å²) in [5.74, 6) is -0.472. The Balaban J connectivity index is 2.27. The molecule has 92 valence electrons. The number of anilines is 1. The quantitative estimate of drug-likeness (QED) is 0.835. The number of nitrogens with zero attached hydrogens (tertiary/aromatic N) is 2. The minimum absolute atomic E-state index is 0.0796. The molecule has 2 aromatic rings. The molecule has 1 unspecified atom stereocenters. The number of thiophene rings is 1. The van der Waals surface area contributed by atoms with E-state index >= 15 is 0 Å². The molecule has 0 aliphatic rings. The molecule has 2 nitrogen and oxygen atoms in total. The summed E-state index contributed by atoms with van der Waals surface area (Å²) in [7, 11) is 1.92. The second-order valence-corrected chi connectivity index (χ2v) is 5.06. The zero-order valence-electron chi connectivity index (χ0n) is 10.2. The van der Waals surface area contributed by atoms with Crippen LogP contribution in [0.2, 0.25) is 0 Å². The average molecular weight is 260 g/mol. The predicted octanol–water partition coefficient (Wildman–Crippen LogP) is 3.96. The summed E-state index contributed by atoms with van der Waals surface area (Å²) in [6.45, 7) is 2.07. The SMILES string of the molecule is CC(c1cccs1)N(C)c1ccc(C#N)c(F)c1. The normalized spacial score (nSPS) is 11.9. The summed E-state index contributed by atoms with van der Waals surface area (Å²) in [6.07, 6.45) is 0. The van der Waals surface area contributed by atoms with Gasteiger partial charge in [0.1, 0.15) is 11.9 Å². The number of halogens is 1. The molecule has 2 rings (SSSR count). The van der Waals surface area contributed by atoms with Crippen molar-refractivity contribution in [3.8, 4) is 6.07 Å². The van der Waals surface area contributed by atoms with Gasteiger partial charge in [0.25, 0.3) is 0 Å². The van der Waals surface area contributed by atoms with Gasteiger partial charge in [-0.25, -0.2) is 4.39 Å². The Kier molecular flexibility index (Phi) is 3.63. The van der Waals surface area contributed by atoms with Crippen LogP contribution in [0.3, 0.4) is 0 Å². The second-order valence-electron chi connectivity index (χ2n) is 4.08. The van der Waals surface area contributed by atoms with Crippen molar-refractivity contribution in [1.82, 2.24) is 0 Å². The molecule has 0 saturated heterocycles. The lowest BCUT2D eigenvalue weighted by molar-refractivity contribution is 0.622. The standard InChI is InChI=1S/C14H13FN2S/c1-10(14-4-3-7-18-14)17(2)12-6-5-11(9-16)13(15)8-12/h3-8,10H,1-2H3. The molecule has 0 fully saturated rings. The maximum absolute atomic E-state index is 13.6. The molecule has 1 heterocycles. The highest BCUT2D eigenvalue weighted by molar-refractivity contribution is 7.10. The highest BCUT2D eigenvalue weighted by Crippen LogP contribution is 2.28. The summed E-state index contributed by atoms with van der Waals surface area (Å²) in [5.41, 5.74) is 0.850. The molecule has 0 N–H and O–H groups in total. The molecule has 0 aliphatic carbocycles. The van der Waals surface area contributed by atoms with Crippen molar-refractivity contribution in [2.24, 2.45) is 0 Å². The molecular formula is C14H13FN2S. The number of rotatable bonds is 3. The van der Waals surface area contributed by atoms with Crippen LogP contribution in [0.15, 0.2) is 35.7 Å². The van der Waals surface area contributed by atoms with Gasteiger partial charge in [0, 0.05) is 17.6 Å². The third-order valence-electron chi connectivity index (χ3n) is 3.02. The first kappa shape index (κ1) is 12.6. The van der Waals surface area contributed by atoms with E-state index in [0.29, 0.717) is 0 Å². The van der Waals surface area contributed by atoms with Gasteiger partial charge in [0.2, 0.25) is 0 Å². The molecule has 0 spiro atoms. The minimum atomic E-state index is -0.472. The first-order chi connectivity index (χ1) is 8.63. The van der Waals surface area contributed by atoms with E-state index in [0.717, 1.165) is 5.69 Å². The maximum Gasteiger partial charge on any atom is 0.143 e. The molecular weight excluding hydrogens is 247 g/mol. The second kappa shape index (κ2) is 5.19. The fourth-order valence-corrected chi connectivity index (χ4v) is 2.58. The smallest absolute Gasteiger partial charge is 0.143 e. The van der Waals surface area contributed by atoms with Crippen LogP contribution in [0.25, 0.3) is 0 Å². The number of nitriles is 1. The van der Waals surface area contributed by atoms with Gasteiger partial charge in [0.05, 0.1) is 11.6 Å². The van der Waals surface area contributed by atoms with Crippen molar-refractivity contribution in [3.63, 3.8) is 0 Å². The Labute approximate surface area is 110 Å². The van der Waals surface area contributed by atoms with E-state index in [2.05, 4.69) is 13.0 Å². The molecule has 0 amide bonds. The van der Waals surface area contributed by atoms with E-state index in [-0.39, 0.29) is 11.6 Å². The van der Waals surface area contributed by atoms with Gasteiger partial charge in [-0.1, -0.05) is 6.07 Å². The number of benzene rings is 1. The van der Waals surface area contributed by atoms with Crippen LogP contribution in [0.5, 0.6) is 0 Å². The summed E-state index contributed by atoms with van der Waals surface area (Å²) in [5, 5.41) is 10.7. The Hall–Kier alpha value is -1.86. The van der Waals surface area contributed by atoms with E-state index in [9.17, 15) is 4.39 Å². The number of hydrogen-bond acceptors (Lipinski definition) is 3. The fourth-order valence-electron chi connectivity index (χ4n) is 1.76. The third-order valence-corrected chi connectivity index (χ3v) is 4.06. The molecule has 0 radical (unpaired) electrons. The highest BCUT2D eigenvalue weighted by Gasteiger charge is 2.14. The van der Waals surface area contributed by atoms with E-state index in [1.165, 1.54) is 17.0 Å². The Morgan fingerprint density at radius 2 is 2.17 bits per heavy atom. The van der Waals surface area contributed by atoms with E-state index in [1.807, 2.05) is 29.5 Å². The predicted molar refractivity (Wildman–Crippen MR) is 72.3 cm³/mol. The van der Waals surface area contributed by atoms with Crippen LogP contribution in [0.1, 0.15) is 23.4 Å². The first-order valence-corrected chi connectivity index (χ1v) is 6.47. The van der Waals surface area contributed by atoms with Crippen LogP contribution >= 0.6 is 11.3 Å². The average Bonchev–Trinajstić information content (AvgIpc) is 2.90. The monoisotopic (exact) mass is 260 g/mol. The van der Waals surface area contributed by atoms with Crippen molar-refractivity contribution in [2.75, 3.05) is 11.9 Å². The Morgan fingerprint density at radius 1 is 1.39 bits per heavy atom. The van der Waals surface area contributed by atoms with Gasteiger partial charge in [-0.05, 0) is 36.6 Å². The molecule has 1 atom stereocenters. The molecule has 18 heavy (non-hydrogen) atoms. The van der Waals surface area contributed by atoms with Crippen LogP contribution in [0.4, 0.5) is 10.1 Å². The Bertz CT molecular complexity index is 572. The highest BCUT2D eigenvalue weighted by atomic mass is 32.1. The largest absolute Gasteiger partial charge is 0.367 e. The molecule has 0 aliphatic heterocycles. The van der Waals surface area contributed by atoms with E-state index in [1.54, 1.807) is 17.4 Å². The topological polar surface area (TPSA) is 27.0 Å². The van der Waals surface area contributed by atoms with Crippen LogP contribution in [0, 0.1) is 17.1 Å². The summed E-state index contributed by atoms with van der Waals surface area (Å²) in [6, 6.07) is 10.8. The van der Waals surface area contributed by atoms with Crippen molar-refractivity contribution >= 4 is 17.0 Å². The van der Waals surface area contributed by atoms with Crippen LogP contribution < -0.4 is 4.90 Å². The minimum Gasteiger partial charge on any atom is -0.367 e. The van der Waals surface area contributed by atoms with Gasteiger partial charge in [-0.3, -0.25) is 0 Å². The van der Waals surface area contributed by atoms with Gasteiger partial charge < -0.3 is 4.90 Å². The molecule has 0 bridgehead atoms. The molecule has 0 saturated carbocycles. The zero-order valence-corrected chi connectivity index (χ0v) is 11.0. The first-order valence-electron chi connectivity index (χ1n) is 5.59. The van der Waals surface area contributed by atoms with Crippen LogP contribution in [-0.4, -0.2) is 7.05 Å². The Morgan fingerprint density at radius 3 is 2.72 bits per heavy atom. The lowest BCUT2D eigenvalue weighted by atomic mass is 10.1. The van der Waals surface area contributed by atoms with Crippen LogP contribution in [-0.2, 0) is 0 Å². The summed E-state index contributed by atoms with van der Waals surface area (Å²) in [4.78, 5) is 3.22. The van der Waals surface area contributed by atoms with Crippen molar-refractivity contribution in [3.05, 3.63) is 52.0 Å². The van der Waals surface area contributed by atoms with Crippen molar-refractivity contribution in [2.45, 2.75) is 13.0 Å². The fraction of sp³-hybridized carbons (Fsp3) is 0.214. The lowest BCUT2D eigenvalue weighted by Gasteiger charge is -2.26. The van der Waals surface area contributed by atoms with Gasteiger partial charge in [-0.15, -0.1) is 11.3 Å². The molecule has 1 aromatic carbocycles. The number of hydrogen-bond donors (Lipinski definition) is 0. The van der Waals surface area contributed by atoms with E-state index in [4.69, 9.17) is 5.26 Å². The summed E-state index contributed by atoms with van der Waals surface area (Å²) < 4.78 is 13.6. The van der Waals surface area contributed by atoms with Gasteiger partial charge >= 0.3 is 0 Å². The van der Waals surface area contributed by atoms with Gasteiger partial charge in [-0.2, -0.15) is 5.26 Å². The van der Waals surface area contributed by atoms with E-state index < -0.39 is 5.82 Å². The lowest BCUT2D eigenvalue weighted by Crippen LogP contribution is -2.20. The molecule has 1 aromatic heterocycles. The maximum atomic E-state index is 13.6. The van der Waals surface area contributed by atoms with Crippen molar-refractivity contribution < 1.29 is 4.39 Å².